The molecule has 5 nitrogen and oxygen atoms in total. The van der Waals surface area contributed by atoms with Gasteiger partial charge in [-0.15, -0.1) is 0 Å². The van der Waals surface area contributed by atoms with Crippen LogP contribution in [-0.4, -0.2) is 44.1 Å². The quantitative estimate of drug-likeness (QED) is 0.779. The first-order valence-corrected chi connectivity index (χ1v) is 8.86. The third kappa shape index (κ3) is 2.97. The molecule has 0 radical (unpaired) electrons. The van der Waals surface area contributed by atoms with Crippen LogP contribution in [0.15, 0.2) is 18.2 Å². The van der Waals surface area contributed by atoms with Gasteiger partial charge in [-0.1, -0.05) is 6.07 Å². The van der Waals surface area contributed by atoms with E-state index in [9.17, 15) is 22.0 Å². The number of esters is 1. The van der Waals surface area contributed by atoms with Crippen LogP contribution in [0.1, 0.15) is 24.3 Å². The fourth-order valence-electron chi connectivity index (χ4n) is 3.06. The highest BCUT2D eigenvalue weighted by molar-refractivity contribution is 7.90. The molecule has 1 saturated carbocycles. The molecule has 1 aliphatic heterocycles. The van der Waals surface area contributed by atoms with Crippen molar-refractivity contribution >= 4 is 16.0 Å². The number of hydrogen-bond acceptors (Lipinski definition) is 4. The van der Waals surface area contributed by atoms with Crippen molar-refractivity contribution in [1.82, 2.24) is 4.31 Å². The molecular weight excluding hydrogens is 328 g/mol. The summed E-state index contributed by atoms with van der Waals surface area (Å²) in [6.45, 7) is -0.0336. The molecule has 0 spiro atoms. The Labute approximate surface area is 133 Å². The molecule has 2 aliphatic rings. The lowest BCUT2D eigenvalue weighted by atomic mass is 9.88. The molecule has 0 aromatic heterocycles. The number of ether oxygens (including phenoxy) is 1. The van der Waals surface area contributed by atoms with Gasteiger partial charge in [0.1, 0.15) is 11.6 Å². The Hall–Kier alpha value is -1.54. The van der Waals surface area contributed by atoms with Gasteiger partial charge in [0.15, 0.2) is 0 Å². The van der Waals surface area contributed by atoms with E-state index in [1.165, 1.54) is 17.5 Å². The van der Waals surface area contributed by atoms with E-state index >= 15 is 0 Å². The second-order valence-corrected chi connectivity index (χ2v) is 8.18. The van der Waals surface area contributed by atoms with Crippen LogP contribution < -0.4 is 0 Å². The average Bonchev–Trinajstić information content (AvgIpc) is 3.27. The van der Waals surface area contributed by atoms with Crippen LogP contribution in [0.2, 0.25) is 0 Å². The standard InChI is InChI=1S/C15H17F2NO4S/c1-22-15(19)13-8-18(23(20,21)10-3-4-10)7-12(13)11-5-2-9(16)6-14(11)17/h2,5-6,10,12-13H,3-4,7-8H2,1H3/t12-,13+/m1/s1. The van der Waals surface area contributed by atoms with E-state index in [1.54, 1.807) is 0 Å². The lowest BCUT2D eigenvalue weighted by Crippen LogP contribution is -2.32. The van der Waals surface area contributed by atoms with Gasteiger partial charge in [-0.3, -0.25) is 4.79 Å². The molecule has 8 heteroatoms. The van der Waals surface area contributed by atoms with Crippen molar-refractivity contribution < 1.29 is 26.7 Å². The Morgan fingerprint density at radius 1 is 1.26 bits per heavy atom. The van der Waals surface area contributed by atoms with Gasteiger partial charge in [0.25, 0.3) is 0 Å². The minimum absolute atomic E-state index is 0.00114. The van der Waals surface area contributed by atoms with E-state index in [-0.39, 0.29) is 18.7 Å². The maximum atomic E-state index is 14.1. The third-order valence-corrected chi connectivity index (χ3v) is 6.79. The predicted octanol–water partition coefficient (Wildman–Crippen LogP) is 1.65. The zero-order valence-corrected chi connectivity index (χ0v) is 13.4. The van der Waals surface area contributed by atoms with Crippen molar-refractivity contribution in [3.63, 3.8) is 0 Å². The lowest BCUT2D eigenvalue weighted by molar-refractivity contribution is -0.145. The minimum atomic E-state index is -3.47. The zero-order chi connectivity index (χ0) is 16.8. The first kappa shape index (κ1) is 16.3. The Morgan fingerprint density at radius 3 is 2.52 bits per heavy atom. The van der Waals surface area contributed by atoms with Crippen molar-refractivity contribution in [1.29, 1.82) is 0 Å². The van der Waals surface area contributed by atoms with Gasteiger partial charge in [-0.05, 0) is 24.5 Å². The fourth-order valence-corrected chi connectivity index (χ4v) is 4.95. The topological polar surface area (TPSA) is 63.7 Å². The largest absolute Gasteiger partial charge is 0.469 e. The van der Waals surface area contributed by atoms with Crippen molar-refractivity contribution in [3.05, 3.63) is 35.4 Å². The van der Waals surface area contributed by atoms with Gasteiger partial charge in [0, 0.05) is 25.1 Å². The summed E-state index contributed by atoms with van der Waals surface area (Å²) in [5, 5.41) is -0.405. The summed E-state index contributed by atoms with van der Waals surface area (Å²) in [5.41, 5.74) is 0.135. The number of sulfonamides is 1. The molecule has 0 unspecified atom stereocenters. The van der Waals surface area contributed by atoms with E-state index in [1.807, 2.05) is 0 Å². The summed E-state index contributed by atoms with van der Waals surface area (Å²) in [4.78, 5) is 12.0. The number of nitrogens with zero attached hydrogens (tertiary/aromatic N) is 1. The first-order valence-electron chi connectivity index (χ1n) is 7.36. The summed E-state index contributed by atoms with van der Waals surface area (Å²) >= 11 is 0. The van der Waals surface area contributed by atoms with Crippen molar-refractivity contribution in [2.45, 2.75) is 24.0 Å². The molecular formula is C15H17F2NO4S. The monoisotopic (exact) mass is 345 g/mol. The molecule has 0 N–H and O–H groups in total. The van der Waals surface area contributed by atoms with Gasteiger partial charge >= 0.3 is 5.97 Å². The zero-order valence-electron chi connectivity index (χ0n) is 12.5. The Bertz CT molecular complexity index is 733. The Kier molecular flexibility index (Phi) is 4.14. The maximum Gasteiger partial charge on any atom is 0.310 e. The Morgan fingerprint density at radius 2 is 1.96 bits per heavy atom. The highest BCUT2D eigenvalue weighted by atomic mass is 32.2. The lowest BCUT2D eigenvalue weighted by Gasteiger charge is -2.17. The van der Waals surface area contributed by atoms with Crippen LogP contribution in [0.25, 0.3) is 0 Å². The summed E-state index contributed by atoms with van der Waals surface area (Å²) in [5.74, 6) is -3.58. The highest BCUT2D eigenvalue weighted by Gasteiger charge is 2.48. The van der Waals surface area contributed by atoms with Gasteiger partial charge in [-0.2, -0.15) is 0 Å². The van der Waals surface area contributed by atoms with Crippen molar-refractivity contribution in [2.24, 2.45) is 5.92 Å². The van der Waals surface area contributed by atoms with Gasteiger partial charge < -0.3 is 4.74 Å². The van der Waals surface area contributed by atoms with E-state index in [0.29, 0.717) is 12.8 Å². The number of methoxy groups -OCH3 is 1. The molecule has 23 heavy (non-hydrogen) atoms. The summed E-state index contributed by atoms with van der Waals surface area (Å²) < 4.78 is 57.9. The highest BCUT2D eigenvalue weighted by Crippen LogP contribution is 2.40. The van der Waals surface area contributed by atoms with Crippen LogP contribution in [0, 0.1) is 17.6 Å². The average molecular weight is 345 g/mol. The number of halogens is 2. The number of carbonyl (C=O) groups is 1. The molecule has 126 valence electrons. The smallest absolute Gasteiger partial charge is 0.310 e. The fraction of sp³-hybridized carbons (Fsp3) is 0.533. The minimum Gasteiger partial charge on any atom is -0.469 e. The number of rotatable bonds is 4. The molecule has 1 aliphatic carbocycles. The summed E-state index contributed by atoms with van der Waals surface area (Å²) in [6.07, 6.45) is 1.22. The molecule has 2 atom stereocenters. The van der Waals surface area contributed by atoms with Crippen LogP contribution in [0.3, 0.4) is 0 Å². The second kappa shape index (κ2) is 5.83. The second-order valence-electron chi connectivity index (χ2n) is 5.96. The van der Waals surface area contributed by atoms with Crippen LogP contribution in [0.4, 0.5) is 8.78 Å². The molecule has 3 rings (SSSR count). The van der Waals surface area contributed by atoms with Crippen LogP contribution >= 0.6 is 0 Å². The first-order chi connectivity index (χ1) is 10.8. The van der Waals surface area contributed by atoms with Gasteiger partial charge in [0.2, 0.25) is 10.0 Å². The molecule has 1 heterocycles. The number of hydrogen-bond donors (Lipinski definition) is 0. The summed E-state index contributed by atoms with van der Waals surface area (Å²) in [6, 6.07) is 3.10. The van der Waals surface area contributed by atoms with E-state index in [4.69, 9.17) is 4.74 Å². The SMILES string of the molecule is COC(=O)[C@H]1CN(S(=O)(=O)C2CC2)C[C@@H]1c1ccc(F)cc1F. The number of benzene rings is 1. The van der Waals surface area contributed by atoms with E-state index < -0.39 is 44.7 Å². The Balaban J connectivity index is 1.94. The predicted molar refractivity (Wildman–Crippen MR) is 78.1 cm³/mol. The van der Waals surface area contributed by atoms with E-state index in [2.05, 4.69) is 0 Å². The van der Waals surface area contributed by atoms with Crippen molar-refractivity contribution in [3.8, 4) is 0 Å². The maximum absolute atomic E-state index is 14.1. The molecule has 0 amide bonds. The molecule has 2 fully saturated rings. The molecule has 1 aromatic rings. The number of carbonyl (C=O) groups excluding carboxylic acids is 1. The molecule has 1 aromatic carbocycles. The van der Waals surface area contributed by atoms with E-state index in [0.717, 1.165) is 12.1 Å². The van der Waals surface area contributed by atoms with Crippen LogP contribution in [0.5, 0.6) is 0 Å². The third-order valence-electron chi connectivity index (χ3n) is 4.46. The van der Waals surface area contributed by atoms with Gasteiger partial charge in [-0.25, -0.2) is 21.5 Å². The normalized spacial score (nSPS) is 25.5. The van der Waals surface area contributed by atoms with Gasteiger partial charge in [0.05, 0.1) is 18.3 Å². The summed E-state index contributed by atoms with van der Waals surface area (Å²) in [7, 11) is -2.27. The van der Waals surface area contributed by atoms with Crippen molar-refractivity contribution in [2.75, 3.05) is 20.2 Å². The molecule has 1 saturated heterocycles. The van der Waals surface area contributed by atoms with Crippen LogP contribution in [-0.2, 0) is 19.6 Å². The molecule has 0 bridgehead atoms.